The predicted octanol–water partition coefficient (Wildman–Crippen LogP) is 2.60. The zero-order chi connectivity index (χ0) is 15.0. The van der Waals surface area contributed by atoms with E-state index in [0.29, 0.717) is 5.92 Å². The second-order valence-corrected chi connectivity index (χ2v) is 5.32. The molecule has 1 rings (SSSR count). The maximum absolute atomic E-state index is 9.01. The fourth-order valence-electron chi connectivity index (χ4n) is 2.06. The minimum absolute atomic E-state index is 0.261. The molecule has 3 N–H and O–H groups in total. The van der Waals surface area contributed by atoms with Crippen LogP contribution in [-0.2, 0) is 6.42 Å². The minimum atomic E-state index is 0.261. The lowest BCUT2D eigenvalue weighted by molar-refractivity contribution is 0.229. The number of nitrogens with one attached hydrogen (secondary N) is 2. The molecule has 0 saturated heterocycles. The molecule has 0 amide bonds. The Morgan fingerprint density at radius 3 is 2.55 bits per heavy atom. The molecule has 0 radical (unpaired) electrons. The highest BCUT2D eigenvalue weighted by atomic mass is 16.3. The first-order valence-electron chi connectivity index (χ1n) is 7.52. The maximum atomic E-state index is 9.01. The molecule has 0 aliphatic rings. The van der Waals surface area contributed by atoms with E-state index in [0.717, 1.165) is 55.3 Å². The van der Waals surface area contributed by atoms with Gasteiger partial charge >= 0.3 is 0 Å². The van der Waals surface area contributed by atoms with E-state index in [1.54, 1.807) is 0 Å². The van der Waals surface area contributed by atoms with Gasteiger partial charge in [-0.25, -0.2) is 9.97 Å². The maximum Gasteiger partial charge on any atom is 0.134 e. The normalized spacial score (nSPS) is 12.2. The highest BCUT2D eigenvalue weighted by Crippen LogP contribution is 2.20. The van der Waals surface area contributed by atoms with Gasteiger partial charge in [-0.1, -0.05) is 13.8 Å². The Hall–Kier alpha value is -1.36. The van der Waals surface area contributed by atoms with Crippen LogP contribution in [0, 0.1) is 12.8 Å². The highest BCUT2D eigenvalue weighted by Gasteiger charge is 2.09. The van der Waals surface area contributed by atoms with E-state index in [-0.39, 0.29) is 6.61 Å². The van der Waals surface area contributed by atoms with Crippen LogP contribution in [0.4, 0.5) is 11.6 Å². The number of anilines is 2. The van der Waals surface area contributed by atoms with Crippen LogP contribution in [0.2, 0.25) is 0 Å². The van der Waals surface area contributed by atoms with Crippen LogP contribution in [0.25, 0.3) is 0 Å². The molecular weight excluding hydrogens is 252 g/mol. The monoisotopic (exact) mass is 280 g/mol. The summed E-state index contributed by atoms with van der Waals surface area (Å²) in [5, 5.41) is 15.5. The van der Waals surface area contributed by atoms with Crippen molar-refractivity contribution in [3.8, 4) is 0 Å². The minimum Gasteiger partial charge on any atom is -0.396 e. The summed E-state index contributed by atoms with van der Waals surface area (Å²) >= 11 is 0. The van der Waals surface area contributed by atoms with Crippen molar-refractivity contribution in [2.24, 2.45) is 5.92 Å². The van der Waals surface area contributed by atoms with Crippen LogP contribution in [0.5, 0.6) is 0 Å². The largest absolute Gasteiger partial charge is 0.396 e. The molecule has 1 aromatic rings. The van der Waals surface area contributed by atoms with Crippen LogP contribution in [-0.4, -0.2) is 35.3 Å². The Morgan fingerprint density at radius 2 is 1.95 bits per heavy atom. The van der Waals surface area contributed by atoms with Crippen LogP contribution in [0.1, 0.15) is 44.5 Å². The molecule has 0 fully saturated rings. The number of hydrogen-bond donors (Lipinski definition) is 3. The van der Waals surface area contributed by atoms with Crippen LogP contribution in [0.3, 0.4) is 0 Å². The Balaban J connectivity index is 2.65. The van der Waals surface area contributed by atoms with Crippen molar-refractivity contribution >= 4 is 11.6 Å². The molecule has 0 aliphatic heterocycles. The summed E-state index contributed by atoms with van der Waals surface area (Å²) in [5.41, 5.74) is 1.06. The van der Waals surface area contributed by atoms with Crippen LogP contribution in [0.15, 0.2) is 0 Å². The van der Waals surface area contributed by atoms with Gasteiger partial charge in [0, 0.05) is 32.2 Å². The molecule has 0 aliphatic carbocycles. The van der Waals surface area contributed by atoms with Gasteiger partial charge in [0.15, 0.2) is 0 Å². The molecule has 0 saturated carbocycles. The summed E-state index contributed by atoms with van der Waals surface area (Å²) in [6.07, 6.45) is 3.99. The molecule has 0 spiro atoms. The van der Waals surface area contributed by atoms with E-state index < -0.39 is 0 Å². The van der Waals surface area contributed by atoms with E-state index in [4.69, 9.17) is 5.11 Å². The van der Waals surface area contributed by atoms with E-state index >= 15 is 0 Å². The average Bonchev–Trinajstić information content (AvgIpc) is 2.46. The summed E-state index contributed by atoms with van der Waals surface area (Å²) in [5.74, 6) is 3.07. The number of aromatic nitrogens is 2. The molecule has 114 valence electrons. The first-order valence-corrected chi connectivity index (χ1v) is 7.52. The van der Waals surface area contributed by atoms with Crippen molar-refractivity contribution in [2.45, 2.75) is 46.5 Å². The standard InChI is InChI=1S/C15H28N4O/c1-5-7-13-18-14(16-4)12(3)15(19-13)17-9-6-8-11(2)10-20/h11,20H,5-10H2,1-4H3,(H2,16,17,18,19). The second-order valence-electron chi connectivity index (χ2n) is 5.32. The molecule has 1 aromatic heterocycles. The summed E-state index contributed by atoms with van der Waals surface area (Å²) in [4.78, 5) is 9.11. The van der Waals surface area contributed by atoms with Gasteiger partial charge in [0.1, 0.15) is 17.5 Å². The number of nitrogens with zero attached hydrogens (tertiary/aromatic N) is 2. The van der Waals surface area contributed by atoms with Crippen molar-refractivity contribution in [3.63, 3.8) is 0 Å². The number of aryl methyl sites for hydroxylation is 1. The number of hydrogen-bond acceptors (Lipinski definition) is 5. The number of aliphatic hydroxyl groups is 1. The Kier molecular flexibility index (Phi) is 7.30. The molecule has 1 heterocycles. The zero-order valence-electron chi connectivity index (χ0n) is 13.2. The number of aliphatic hydroxyl groups excluding tert-OH is 1. The summed E-state index contributed by atoms with van der Waals surface area (Å²) in [7, 11) is 1.89. The topological polar surface area (TPSA) is 70.1 Å². The van der Waals surface area contributed by atoms with E-state index in [1.165, 1.54) is 0 Å². The van der Waals surface area contributed by atoms with Crippen molar-refractivity contribution in [1.29, 1.82) is 0 Å². The Labute approximate surface area is 122 Å². The second kappa shape index (κ2) is 8.74. The third-order valence-electron chi connectivity index (χ3n) is 3.38. The van der Waals surface area contributed by atoms with E-state index in [2.05, 4.69) is 34.4 Å². The SMILES string of the molecule is CCCc1nc(NC)c(C)c(NCCCC(C)CO)n1. The van der Waals surface area contributed by atoms with Gasteiger partial charge in [0.05, 0.1) is 0 Å². The summed E-state index contributed by atoms with van der Waals surface area (Å²) in [6.45, 7) is 7.36. The Morgan fingerprint density at radius 1 is 1.25 bits per heavy atom. The molecule has 20 heavy (non-hydrogen) atoms. The predicted molar refractivity (Wildman–Crippen MR) is 84.3 cm³/mol. The highest BCUT2D eigenvalue weighted by molar-refractivity contribution is 5.56. The van der Waals surface area contributed by atoms with Gasteiger partial charge in [-0.2, -0.15) is 0 Å². The fourth-order valence-corrected chi connectivity index (χ4v) is 2.06. The van der Waals surface area contributed by atoms with E-state index in [1.807, 2.05) is 14.0 Å². The van der Waals surface area contributed by atoms with Crippen molar-refractivity contribution in [2.75, 3.05) is 30.8 Å². The molecule has 1 atom stereocenters. The third-order valence-corrected chi connectivity index (χ3v) is 3.38. The lowest BCUT2D eigenvalue weighted by Gasteiger charge is -2.14. The molecule has 5 nitrogen and oxygen atoms in total. The third kappa shape index (κ3) is 4.96. The van der Waals surface area contributed by atoms with Gasteiger partial charge in [-0.15, -0.1) is 0 Å². The fraction of sp³-hybridized carbons (Fsp3) is 0.733. The molecule has 1 unspecified atom stereocenters. The lowest BCUT2D eigenvalue weighted by atomic mass is 10.1. The van der Waals surface area contributed by atoms with Crippen molar-refractivity contribution in [3.05, 3.63) is 11.4 Å². The van der Waals surface area contributed by atoms with E-state index in [9.17, 15) is 0 Å². The van der Waals surface area contributed by atoms with Crippen LogP contribution >= 0.6 is 0 Å². The van der Waals surface area contributed by atoms with Crippen molar-refractivity contribution in [1.82, 2.24) is 9.97 Å². The molecule has 0 bridgehead atoms. The van der Waals surface area contributed by atoms with Gasteiger partial charge in [-0.05, 0) is 32.1 Å². The Bertz CT molecular complexity index is 409. The number of rotatable bonds is 9. The van der Waals surface area contributed by atoms with Gasteiger partial charge in [-0.3, -0.25) is 0 Å². The van der Waals surface area contributed by atoms with Crippen LogP contribution < -0.4 is 10.6 Å². The molecular formula is C15H28N4O. The molecule has 0 aromatic carbocycles. The van der Waals surface area contributed by atoms with Gasteiger partial charge < -0.3 is 15.7 Å². The summed E-state index contributed by atoms with van der Waals surface area (Å²) in [6, 6.07) is 0. The van der Waals surface area contributed by atoms with Crippen molar-refractivity contribution < 1.29 is 5.11 Å². The van der Waals surface area contributed by atoms with Gasteiger partial charge in [0.25, 0.3) is 0 Å². The van der Waals surface area contributed by atoms with Gasteiger partial charge in [0.2, 0.25) is 0 Å². The molecule has 5 heteroatoms. The first-order chi connectivity index (χ1) is 9.62. The first kappa shape index (κ1) is 16.7. The summed E-state index contributed by atoms with van der Waals surface area (Å²) < 4.78 is 0. The lowest BCUT2D eigenvalue weighted by Crippen LogP contribution is -2.12. The average molecular weight is 280 g/mol. The zero-order valence-corrected chi connectivity index (χ0v) is 13.2. The smallest absolute Gasteiger partial charge is 0.134 e. The quantitative estimate of drug-likeness (QED) is 0.607.